The molecule has 0 saturated carbocycles. The molecule has 68 valence electrons. The Hall–Kier alpha value is -1.46. The van der Waals surface area contributed by atoms with E-state index in [1.165, 1.54) is 0 Å². The van der Waals surface area contributed by atoms with Gasteiger partial charge < -0.3 is 10.2 Å². The van der Waals surface area contributed by atoms with Crippen molar-refractivity contribution in [2.75, 3.05) is 6.61 Å². The van der Waals surface area contributed by atoms with E-state index in [9.17, 15) is 5.11 Å². The molecular weight excluding hydrogens is 164 g/mol. The van der Waals surface area contributed by atoms with Crippen molar-refractivity contribution in [2.45, 2.75) is 13.8 Å². The average molecular weight is 176 g/mol. The molecule has 0 aliphatic carbocycles. The monoisotopic (exact) mass is 176 g/mol. The Kier molecular flexibility index (Phi) is 2.94. The summed E-state index contributed by atoms with van der Waals surface area (Å²) in [4.78, 5) is 0. The lowest BCUT2D eigenvalue weighted by Gasteiger charge is -2.02. The normalized spacial score (nSPS) is 9.15. The minimum atomic E-state index is -0.140. The number of aryl methyl sites for hydroxylation is 2. The molecule has 0 aromatic heterocycles. The van der Waals surface area contributed by atoms with Crippen LogP contribution in [-0.4, -0.2) is 16.8 Å². The summed E-state index contributed by atoms with van der Waals surface area (Å²) in [5.41, 5.74) is 2.44. The van der Waals surface area contributed by atoms with E-state index >= 15 is 0 Å². The molecule has 0 atom stereocenters. The molecule has 1 rings (SSSR count). The molecule has 1 aromatic rings. The quantitative estimate of drug-likeness (QED) is 0.586. The summed E-state index contributed by atoms with van der Waals surface area (Å²) in [5.74, 6) is 5.67. The van der Waals surface area contributed by atoms with Gasteiger partial charge in [-0.25, -0.2) is 0 Å². The molecule has 0 heterocycles. The van der Waals surface area contributed by atoms with Gasteiger partial charge in [0.1, 0.15) is 12.4 Å². The predicted octanol–water partition coefficient (Wildman–Crippen LogP) is 1.35. The van der Waals surface area contributed by atoms with Crippen LogP contribution in [0.4, 0.5) is 0 Å². The van der Waals surface area contributed by atoms with E-state index in [1.807, 2.05) is 13.8 Å². The lowest BCUT2D eigenvalue weighted by molar-refractivity contribution is 0.350. The fraction of sp³-hybridized carbons (Fsp3) is 0.273. The highest BCUT2D eigenvalue weighted by Gasteiger charge is 2.00. The van der Waals surface area contributed by atoms with Gasteiger partial charge in [-0.05, 0) is 37.1 Å². The van der Waals surface area contributed by atoms with Gasteiger partial charge >= 0.3 is 0 Å². The van der Waals surface area contributed by atoms with Crippen molar-refractivity contribution in [3.8, 4) is 17.6 Å². The van der Waals surface area contributed by atoms with Crippen LogP contribution in [0, 0.1) is 25.7 Å². The number of phenolic OH excluding ortho intramolecular Hbond substituents is 1. The number of phenols is 1. The Balaban J connectivity index is 3.13. The zero-order valence-electron chi connectivity index (χ0n) is 7.76. The summed E-state index contributed by atoms with van der Waals surface area (Å²) >= 11 is 0. The number of aliphatic hydroxyl groups excluding tert-OH is 1. The van der Waals surface area contributed by atoms with Crippen molar-refractivity contribution in [3.05, 3.63) is 28.8 Å². The third-order valence-electron chi connectivity index (χ3n) is 1.80. The van der Waals surface area contributed by atoms with Crippen LogP contribution in [0.2, 0.25) is 0 Å². The first-order chi connectivity index (χ1) is 6.15. The molecule has 0 spiro atoms. The fourth-order valence-electron chi connectivity index (χ4n) is 1.17. The standard InChI is InChI=1S/C11H12O2/c1-8-6-10(4-3-5-12)7-9(2)11(8)13/h6-7,12-13H,5H2,1-2H3. The van der Waals surface area contributed by atoms with Gasteiger partial charge in [-0.1, -0.05) is 11.8 Å². The lowest BCUT2D eigenvalue weighted by atomic mass is 10.1. The van der Waals surface area contributed by atoms with Crippen LogP contribution in [0.25, 0.3) is 0 Å². The predicted molar refractivity (Wildman–Crippen MR) is 51.5 cm³/mol. The molecule has 2 N–H and O–H groups in total. The van der Waals surface area contributed by atoms with Crippen LogP contribution in [0.1, 0.15) is 16.7 Å². The maximum absolute atomic E-state index is 9.46. The van der Waals surface area contributed by atoms with E-state index in [0.717, 1.165) is 16.7 Å². The van der Waals surface area contributed by atoms with Gasteiger partial charge in [0.15, 0.2) is 0 Å². The smallest absolute Gasteiger partial charge is 0.121 e. The molecule has 2 heteroatoms. The highest BCUT2D eigenvalue weighted by atomic mass is 16.3. The highest BCUT2D eigenvalue weighted by molar-refractivity contribution is 5.47. The van der Waals surface area contributed by atoms with E-state index in [1.54, 1.807) is 12.1 Å². The molecule has 0 aliphatic heterocycles. The SMILES string of the molecule is Cc1cc(C#CCO)cc(C)c1O. The molecule has 0 fully saturated rings. The molecule has 2 nitrogen and oxygen atoms in total. The fourth-order valence-corrected chi connectivity index (χ4v) is 1.17. The number of aliphatic hydroxyl groups is 1. The zero-order chi connectivity index (χ0) is 9.84. The van der Waals surface area contributed by atoms with E-state index in [4.69, 9.17) is 5.11 Å². The van der Waals surface area contributed by atoms with Gasteiger partial charge in [0.25, 0.3) is 0 Å². The lowest BCUT2D eigenvalue weighted by Crippen LogP contribution is -1.84. The van der Waals surface area contributed by atoms with Crippen molar-refractivity contribution in [3.63, 3.8) is 0 Å². The number of rotatable bonds is 0. The summed E-state index contributed by atoms with van der Waals surface area (Å²) in [5, 5.41) is 18.0. The minimum absolute atomic E-state index is 0.140. The largest absolute Gasteiger partial charge is 0.507 e. The molecule has 0 radical (unpaired) electrons. The molecule has 0 bridgehead atoms. The van der Waals surface area contributed by atoms with Gasteiger partial charge in [-0.15, -0.1) is 0 Å². The van der Waals surface area contributed by atoms with Crippen molar-refractivity contribution < 1.29 is 10.2 Å². The maximum atomic E-state index is 9.46. The molecular formula is C11H12O2. The third kappa shape index (κ3) is 2.24. The Bertz CT molecular complexity index is 346. The van der Waals surface area contributed by atoms with Crippen molar-refractivity contribution >= 4 is 0 Å². The molecule has 0 aliphatic rings. The van der Waals surface area contributed by atoms with Crippen molar-refractivity contribution in [1.29, 1.82) is 0 Å². The third-order valence-corrected chi connectivity index (χ3v) is 1.80. The van der Waals surface area contributed by atoms with E-state index < -0.39 is 0 Å². The maximum Gasteiger partial charge on any atom is 0.121 e. The summed E-state index contributed by atoms with van der Waals surface area (Å²) in [6.45, 7) is 3.51. The number of aromatic hydroxyl groups is 1. The Morgan fingerprint density at radius 3 is 2.23 bits per heavy atom. The number of benzene rings is 1. The number of hydrogen-bond donors (Lipinski definition) is 2. The van der Waals surface area contributed by atoms with E-state index in [2.05, 4.69) is 11.8 Å². The van der Waals surface area contributed by atoms with Gasteiger partial charge in [-0.3, -0.25) is 0 Å². The second kappa shape index (κ2) is 3.97. The summed E-state index contributed by atoms with van der Waals surface area (Å²) in [6.07, 6.45) is 0. The Morgan fingerprint density at radius 1 is 1.23 bits per heavy atom. The number of hydrogen-bond acceptors (Lipinski definition) is 2. The van der Waals surface area contributed by atoms with Crippen LogP contribution in [0.3, 0.4) is 0 Å². The topological polar surface area (TPSA) is 40.5 Å². The molecule has 0 amide bonds. The van der Waals surface area contributed by atoms with Crippen LogP contribution < -0.4 is 0 Å². The molecule has 13 heavy (non-hydrogen) atoms. The van der Waals surface area contributed by atoms with Gasteiger partial charge in [0.05, 0.1) is 0 Å². The average Bonchev–Trinajstić information content (AvgIpc) is 2.10. The minimum Gasteiger partial charge on any atom is -0.507 e. The van der Waals surface area contributed by atoms with E-state index in [0.29, 0.717) is 5.75 Å². The first-order valence-corrected chi connectivity index (χ1v) is 4.05. The van der Waals surface area contributed by atoms with Crippen LogP contribution in [-0.2, 0) is 0 Å². The Morgan fingerprint density at radius 2 is 1.77 bits per heavy atom. The van der Waals surface area contributed by atoms with Crippen LogP contribution >= 0.6 is 0 Å². The zero-order valence-corrected chi connectivity index (χ0v) is 7.76. The van der Waals surface area contributed by atoms with Crippen LogP contribution in [0.15, 0.2) is 12.1 Å². The molecule has 1 aromatic carbocycles. The highest BCUT2D eigenvalue weighted by Crippen LogP contribution is 2.22. The summed E-state index contributed by atoms with van der Waals surface area (Å²) < 4.78 is 0. The second-order valence-corrected chi connectivity index (χ2v) is 2.92. The van der Waals surface area contributed by atoms with Crippen LogP contribution in [0.5, 0.6) is 5.75 Å². The van der Waals surface area contributed by atoms with Gasteiger partial charge in [0.2, 0.25) is 0 Å². The molecule has 0 saturated heterocycles. The van der Waals surface area contributed by atoms with Crippen molar-refractivity contribution in [2.24, 2.45) is 0 Å². The van der Waals surface area contributed by atoms with E-state index in [-0.39, 0.29) is 6.61 Å². The molecule has 0 unspecified atom stereocenters. The Labute approximate surface area is 77.8 Å². The van der Waals surface area contributed by atoms with Crippen molar-refractivity contribution in [1.82, 2.24) is 0 Å². The second-order valence-electron chi connectivity index (χ2n) is 2.92. The van der Waals surface area contributed by atoms with Gasteiger partial charge in [0, 0.05) is 5.56 Å². The summed E-state index contributed by atoms with van der Waals surface area (Å²) in [6, 6.07) is 3.59. The summed E-state index contributed by atoms with van der Waals surface area (Å²) in [7, 11) is 0. The first-order valence-electron chi connectivity index (χ1n) is 4.05. The first kappa shape index (κ1) is 9.63. The van der Waals surface area contributed by atoms with Gasteiger partial charge in [-0.2, -0.15) is 0 Å².